The molecule has 0 amide bonds. The highest BCUT2D eigenvalue weighted by Crippen LogP contribution is 2.54. The van der Waals surface area contributed by atoms with Crippen LogP contribution in [0.3, 0.4) is 0 Å². The third-order valence-corrected chi connectivity index (χ3v) is 5.09. The van der Waals surface area contributed by atoms with E-state index in [1.54, 1.807) is 7.11 Å². The van der Waals surface area contributed by atoms with Gasteiger partial charge in [-0.05, 0) is 37.8 Å². The maximum absolute atomic E-state index is 11.8. The van der Waals surface area contributed by atoms with Crippen LogP contribution in [0.1, 0.15) is 45.1 Å². The van der Waals surface area contributed by atoms with Gasteiger partial charge in [0.25, 0.3) is 0 Å². The second kappa shape index (κ2) is 6.14. The van der Waals surface area contributed by atoms with Crippen molar-refractivity contribution in [3.63, 3.8) is 0 Å². The number of hydrogen-bond donors (Lipinski definition) is 0. The Kier molecular flexibility index (Phi) is 4.28. The van der Waals surface area contributed by atoms with Crippen LogP contribution in [0.2, 0.25) is 0 Å². The summed E-state index contributed by atoms with van der Waals surface area (Å²) in [7, 11) is 2.98. The molecular formula is C19H23NO5. The molecule has 2 aliphatic rings. The highest BCUT2D eigenvalue weighted by molar-refractivity contribution is 5.72. The van der Waals surface area contributed by atoms with Crippen molar-refractivity contribution < 1.29 is 23.7 Å². The second-order valence-corrected chi connectivity index (χ2v) is 7.07. The number of nitriles is 1. The van der Waals surface area contributed by atoms with Crippen LogP contribution < -0.4 is 14.2 Å². The number of carbonyl (C=O) groups excluding carboxylic acids is 1. The molecule has 1 aliphatic carbocycles. The van der Waals surface area contributed by atoms with E-state index < -0.39 is 11.2 Å². The zero-order valence-electron chi connectivity index (χ0n) is 15.0. The minimum Gasteiger partial charge on any atom is -0.493 e. The van der Waals surface area contributed by atoms with Crippen LogP contribution in [-0.2, 0) is 14.9 Å². The Labute approximate surface area is 147 Å². The minimum absolute atomic E-state index is 0.147. The summed E-state index contributed by atoms with van der Waals surface area (Å²) >= 11 is 0. The lowest BCUT2D eigenvalue weighted by molar-refractivity contribution is -0.146. The first-order valence-electron chi connectivity index (χ1n) is 8.44. The number of nitrogens with zero attached hydrogens (tertiary/aromatic N) is 1. The highest BCUT2D eigenvalue weighted by Gasteiger charge is 2.45. The van der Waals surface area contributed by atoms with Gasteiger partial charge >= 0.3 is 5.97 Å². The average Bonchev–Trinajstić information content (AvgIpc) is 2.95. The first-order chi connectivity index (χ1) is 11.9. The molecule has 3 rings (SSSR count). The largest absolute Gasteiger partial charge is 0.493 e. The summed E-state index contributed by atoms with van der Waals surface area (Å²) < 4.78 is 22.1. The molecule has 1 aromatic carbocycles. The number of fused-ring (bicyclic) bond motifs is 1. The monoisotopic (exact) mass is 345 g/mol. The Balaban J connectivity index is 1.98. The van der Waals surface area contributed by atoms with Gasteiger partial charge in [-0.3, -0.25) is 4.79 Å². The number of hydrogen-bond acceptors (Lipinski definition) is 6. The SMILES string of the molecule is COC(=O)C1CCC(C#N)(c2ccc(OC)c3c2OC(C)(C)O3)CC1. The summed E-state index contributed by atoms with van der Waals surface area (Å²) in [6, 6.07) is 6.17. The molecule has 0 atom stereocenters. The van der Waals surface area contributed by atoms with Crippen LogP contribution in [-0.4, -0.2) is 26.0 Å². The molecule has 0 radical (unpaired) electrons. The van der Waals surface area contributed by atoms with Crippen LogP contribution in [0, 0.1) is 17.2 Å². The maximum atomic E-state index is 11.8. The highest BCUT2D eigenvalue weighted by atomic mass is 16.7. The van der Waals surface area contributed by atoms with E-state index in [4.69, 9.17) is 18.9 Å². The molecule has 1 saturated carbocycles. The van der Waals surface area contributed by atoms with Gasteiger partial charge in [-0.15, -0.1) is 0 Å². The van der Waals surface area contributed by atoms with Crippen molar-refractivity contribution in [3.05, 3.63) is 17.7 Å². The van der Waals surface area contributed by atoms with Crippen LogP contribution in [0.5, 0.6) is 17.2 Å². The van der Waals surface area contributed by atoms with E-state index in [1.807, 2.05) is 26.0 Å². The Morgan fingerprint density at radius 3 is 2.40 bits per heavy atom. The zero-order chi connectivity index (χ0) is 18.2. The molecule has 0 saturated heterocycles. The molecule has 1 aromatic rings. The van der Waals surface area contributed by atoms with E-state index in [1.165, 1.54) is 7.11 Å². The number of esters is 1. The van der Waals surface area contributed by atoms with Gasteiger partial charge in [0.15, 0.2) is 11.5 Å². The zero-order valence-corrected chi connectivity index (χ0v) is 15.0. The molecule has 0 bridgehead atoms. The van der Waals surface area contributed by atoms with Crippen LogP contribution in [0.4, 0.5) is 0 Å². The Morgan fingerprint density at radius 1 is 1.20 bits per heavy atom. The van der Waals surface area contributed by atoms with Crippen molar-refractivity contribution in [3.8, 4) is 23.3 Å². The topological polar surface area (TPSA) is 77.8 Å². The fraction of sp³-hybridized carbons (Fsp3) is 0.579. The standard InChI is InChI=1S/C19H23NO5/c1-18(2)24-15-13(5-6-14(22-3)16(15)25-18)19(11-20)9-7-12(8-10-19)17(21)23-4/h5-6,12H,7-10H2,1-4H3. The third kappa shape index (κ3) is 2.88. The molecular weight excluding hydrogens is 322 g/mol. The Bertz CT molecular complexity index is 726. The van der Waals surface area contributed by atoms with E-state index in [-0.39, 0.29) is 11.9 Å². The fourth-order valence-corrected chi connectivity index (χ4v) is 3.75. The van der Waals surface area contributed by atoms with Crippen LogP contribution >= 0.6 is 0 Å². The first-order valence-corrected chi connectivity index (χ1v) is 8.44. The number of ether oxygens (including phenoxy) is 4. The number of carbonyl (C=O) groups is 1. The predicted octanol–water partition coefficient (Wildman–Crippen LogP) is 3.33. The van der Waals surface area contributed by atoms with Gasteiger partial charge in [-0.2, -0.15) is 5.26 Å². The molecule has 1 heterocycles. The lowest BCUT2D eigenvalue weighted by Crippen LogP contribution is -2.34. The smallest absolute Gasteiger partial charge is 0.308 e. The summed E-state index contributed by atoms with van der Waals surface area (Å²) in [4.78, 5) is 11.8. The maximum Gasteiger partial charge on any atom is 0.308 e. The van der Waals surface area contributed by atoms with E-state index in [2.05, 4.69) is 6.07 Å². The molecule has 0 aromatic heterocycles. The molecule has 0 N–H and O–H groups in total. The number of benzene rings is 1. The Hall–Kier alpha value is -2.42. The summed E-state index contributed by atoms with van der Waals surface area (Å²) in [6.07, 6.45) is 2.38. The summed E-state index contributed by atoms with van der Waals surface area (Å²) in [6.45, 7) is 3.65. The van der Waals surface area contributed by atoms with Crippen molar-refractivity contribution in [2.45, 2.75) is 50.7 Å². The molecule has 134 valence electrons. The lowest BCUT2D eigenvalue weighted by atomic mass is 9.67. The van der Waals surface area contributed by atoms with Crippen LogP contribution in [0.15, 0.2) is 12.1 Å². The molecule has 6 nitrogen and oxygen atoms in total. The van der Waals surface area contributed by atoms with Gasteiger partial charge in [0, 0.05) is 19.4 Å². The average molecular weight is 345 g/mol. The van der Waals surface area contributed by atoms with E-state index in [9.17, 15) is 10.1 Å². The normalized spacial score (nSPS) is 26.6. The van der Waals surface area contributed by atoms with Gasteiger partial charge in [-0.1, -0.05) is 0 Å². The lowest BCUT2D eigenvalue weighted by Gasteiger charge is -2.34. The number of rotatable bonds is 3. The third-order valence-electron chi connectivity index (χ3n) is 5.09. The van der Waals surface area contributed by atoms with Gasteiger partial charge < -0.3 is 18.9 Å². The minimum atomic E-state index is -0.814. The molecule has 1 fully saturated rings. The van der Waals surface area contributed by atoms with Gasteiger partial charge in [0.05, 0.1) is 31.6 Å². The van der Waals surface area contributed by atoms with E-state index >= 15 is 0 Å². The van der Waals surface area contributed by atoms with Crippen LogP contribution in [0.25, 0.3) is 0 Å². The van der Waals surface area contributed by atoms with Crippen molar-refractivity contribution >= 4 is 5.97 Å². The summed E-state index contributed by atoms with van der Waals surface area (Å²) in [5.74, 6) is 0.530. The predicted molar refractivity (Wildman–Crippen MR) is 89.6 cm³/mol. The molecule has 6 heteroatoms. The summed E-state index contributed by atoms with van der Waals surface area (Å²) in [5, 5.41) is 9.97. The van der Waals surface area contributed by atoms with Gasteiger partial charge in [0.2, 0.25) is 11.5 Å². The van der Waals surface area contributed by atoms with E-state index in [0.717, 1.165) is 5.56 Å². The molecule has 0 unspecified atom stereocenters. The van der Waals surface area contributed by atoms with E-state index in [0.29, 0.717) is 42.9 Å². The second-order valence-electron chi connectivity index (χ2n) is 7.07. The van der Waals surface area contributed by atoms with Crippen molar-refractivity contribution in [1.29, 1.82) is 5.26 Å². The van der Waals surface area contributed by atoms with Gasteiger partial charge in [-0.25, -0.2) is 0 Å². The molecule has 0 spiro atoms. The fourth-order valence-electron chi connectivity index (χ4n) is 3.75. The first kappa shape index (κ1) is 17.4. The van der Waals surface area contributed by atoms with Gasteiger partial charge in [0.1, 0.15) is 0 Å². The van der Waals surface area contributed by atoms with Crippen molar-refractivity contribution in [2.24, 2.45) is 5.92 Å². The van der Waals surface area contributed by atoms with Crippen molar-refractivity contribution in [1.82, 2.24) is 0 Å². The molecule has 1 aliphatic heterocycles. The van der Waals surface area contributed by atoms with Crippen molar-refractivity contribution in [2.75, 3.05) is 14.2 Å². The summed E-state index contributed by atoms with van der Waals surface area (Å²) in [5.41, 5.74) is 0.102. The quantitative estimate of drug-likeness (QED) is 0.782. The molecule has 25 heavy (non-hydrogen) atoms. The Morgan fingerprint density at radius 2 is 1.84 bits per heavy atom. The number of methoxy groups -OCH3 is 2.